The zero-order chi connectivity index (χ0) is 12.5. The Morgan fingerprint density at radius 1 is 1.53 bits per heavy atom. The van der Waals surface area contributed by atoms with E-state index in [0.717, 1.165) is 0 Å². The second kappa shape index (κ2) is 4.14. The van der Waals surface area contributed by atoms with Crippen LogP contribution in [-0.4, -0.2) is 32.6 Å². The maximum absolute atomic E-state index is 12.0. The molecule has 0 aliphatic carbocycles. The Morgan fingerprint density at radius 2 is 2.29 bits per heavy atom. The summed E-state index contributed by atoms with van der Waals surface area (Å²) in [5, 5.41) is 6.94. The average molecular weight is 233 g/mol. The molecule has 2 aromatic rings. The van der Waals surface area contributed by atoms with Crippen LogP contribution < -0.4 is 11.1 Å². The Kier molecular flexibility index (Phi) is 2.81. The first kappa shape index (κ1) is 11.5. The molecule has 0 bridgehead atoms. The number of nitrogens with zero attached hydrogens (tertiary/aromatic N) is 3. The largest absolute Gasteiger partial charge is 0.346 e. The number of rotatable bonds is 3. The molecule has 0 saturated heterocycles. The lowest BCUT2D eigenvalue weighted by atomic mass is 10.1. The molecule has 0 atom stereocenters. The molecule has 0 aliphatic rings. The zero-order valence-electron chi connectivity index (χ0n) is 9.84. The summed E-state index contributed by atoms with van der Waals surface area (Å²) < 4.78 is 1.61. The lowest BCUT2D eigenvalue weighted by Crippen LogP contribution is -2.48. The van der Waals surface area contributed by atoms with Crippen molar-refractivity contribution in [3.05, 3.63) is 30.4 Å². The van der Waals surface area contributed by atoms with Gasteiger partial charge in [-0.2, -0.15) is 5.10 Å². The van der Waals surface area contributed by atoms with E-state index < -0.39 is 5.54 Å². The van der Waals surface area contributed by atoms with Gasteiger partial charge in [-0.25, -0.2) is 4.52 Å². The van der Waals surface area contributed by atoms with E-state index in [1.54, 1.807) is 23.1 Å². The second-order valence-electron chi connectivity index (χ2n) is 4.51. The molecule has 17 heavy (non-hydrogen) atoms. The van der Waals surface area contributed by atoms with Gasteiger partial charge in [-0.15, -0.1) is 0 Å². The number of aromatic nitrogens is 3. The first-order chi connectivity index (χ1) is 8.03. The van der Waals surface area contributed by atoms with Crippen molar-refractivity contribution in [1.82, 2.24) is 19.9 Å². The zero-order valence-corrected chi connectivity index (χ0v) is 9.84. The van der Waals surface area contributed by atoms with E-state index in [1.807, 2.05) is 13.8 Å². The molecule has 0 spiro atoms. The Labute approximate surface area is 98.8 Å². The molecular formula is C11H15N5O. The molecule has 0 aromatic carbocycles. The Morgan fingerprint density at radius 3 is 3.00 bits per heavy atom. The topological polar surface area (TPSA) is 85.3 Å². The third-order valence-electron chi connectivity index (χ3n) is 2.53. The van der Waals surface area contributed by atoms with Crippen molar-refractivity contribution < 1.29 is 4.79 Å². The molecule has 0 radical (unpaired) electrons. The van der Waals surface area contributed by atoms with Gasteiger partial charge in [0, 0.05) is 24.5 Å². The summed E-state index contributed by atoms with van der Waals surface area (Å²) >= 11 is 0. The molecule has 6 heteroatoms. The van der Waals surface area contributed by atoms with Gasteiger partial charge in [-0.3, -0.25) is 9.78 Å². The van der Waals surface area contributed by atoms with Gasteiger partial charge in [-0.05, 0) is 13.8 Å². The number of nitrogens with two attached hydrogens (primary N) is 1. The summed E-state index contributed by atoms with van der Waals surface area (Å²) in [7, 11) is 0. The molecule has 0 fully saturated rings. The third-order valence-corrected chi connectivity index (χ3v) is 2.53. The number of hydrogen-bond donors (Lipinski definition) is 2. The predicted octanol–water partition coefficient (Wildman–Crippen LogP) is 0.196. The summed E-state index contributed by atoms with van der Waals surface area (Å²) in [6, 6.07) is 0. The van der Waals surface area contributed by atoms with E-state index in [-0.39, 0.29) is 5.91 Å². The standard InChI is InChI=1S/C11H15N5O/c1-11(2,7-12)15-10(17)8-5-14-16-4-3-13-6-9(8)16/h3-6H,7,12H2,1-2H3,(H,15,17). The van der Waals surface area contributed by atoms with Crippen LogP contribution in [0.5, 0.6) is 0 Å². The first-order valence-corrected chi connectivity index (χ1v) is 5.33. The maximum Gasteiger partial charge on any atom is 0.255 e. The van der Waals surface area contributed by atoms with Crippen LogP contribution >= 0.6 is 0 Å². The van der Waals surface area contributed by atoms with Gasteiger partial charge in [-0.1, -0.05) is 0 Å². The Hall–Kier alpha value is -1.95. The Bertz CT molecular complexity index is 546. The van der Waals surface area contributed by atoms with Crippen molar-refractivity contribution in [1.29, 1.82) is 0 Å². The van der Waals surface area contributed by atoms with Crippen LogP contribution in [-0.2, 0) is 0 Å². The molecule has 6 nitrogen and oxygen atoms in total. The SMILES string of the molecule is CC(C)(CN)NC(=O)c1cnn2ccncc12. The average Bonchev–Trinajstić information content (AvgIpc) is 2.72. The fourth-order valence-electron chi connectivity index (χ4n) is 1.44. The number of fused-ring (bicyclic) bond motifs is 1. The maximum atomic E-state index is 12.0. The lowest BCUT2D eigenvalue weighted by Gasteiger charge is -2.23. The van der Waals surface area contributed by atoms with E-state index in [4.69, 9.17) is 5.73 Å². The van der Waals surface area contributed by atoms with Crippen LogP contribution in [0.2, 0.25) is 0 Å². The van der Waals surface area contributed by atoms with Crippen LogP contribution in [0.4, 0.5) is 0 Å². The van der Waals surface area contributed by atoms with Gasteiger partial charge in [0.05, 0.1) is 23.5 Å². The lowest BCUT2D eigenvalue weighted by molar-refractivity contribution is 0.0917. The van der Waals surface area contributed by atoms with Crippen molar-refractivity contribution in [2.45, 2.75) is 19.4 Å². The first-order valence-electron chi connectivity index (χ1n) is 5.33. The van der Waals surface area contributed by atoms with Gasteiger partial charge in [0.15, 0.2) is 0 Å². The van der Waals surface area contributed by atoms with Gasteiger partial charge >= 0.3 is 0 Å². The summed E-state index contributed by atoms with van der Waals surface area (Å²) in [4.78, 5) is 16.0. The minimum atomic E-state index is -0.437. The van der Waals surface area contributed by atoms with Gasteiger partial charge in [0.1, 0.15) is 0 Å². The molecule has 2 heterocycles. The molecule has 1 amide bonds. The summed E-state index contributed by atoms with van der Waals surface area (Å²) in [6.45, 7) is 4.11. The third kappa shape index (κ3) is 2.26. The van der Waals surface area contributed by atoms with Crippen molar-refractivity contribution in [2.24, 2.45) is 5.73 Å². The second-order valence-corrected chi connectivity index (χ2v) is 4.51. The van der Waals surface area contributed by atoms with Gasteiger partial charge in [0.25, 0.3) is 5.91 Å². The monoisotopic (exact) mass is 233 g/mol. The summed E-state index contributed by atoms with van der Waals surface area (Å²) in [5.74, 6) is -0.191. The summed E-state index contributed by atoms with van der Waals surface area (Å²) in [5.41, 5.74) is 6.31. The summed E-state index contributed by atoms with van der Waals surface area (Å²) in [6.07, 6.45) is 6.45. The number of carbonyl (C=O) groups is 1. The van der Waals surface area contributed by atoms with E-state index in [2.05, 4.69) is 15.4 Å². The fraction of sp³-hybridized carbons (Fsp3) is 0.364. The molecule has 3 N–H and O–H groups in total. The number of amides is 1. The van der Waals surface area contributed by atoms with Gasteiger partial charge < -0.3 is 11.1 Å². The Balaban J connectivity index is 2.31. The molecular weight excluding hydrogens is 218 g/mol. The van der Waals surface area contributed by atoms with Crippen molar-refractivity contribution in [3.8, 4) is 0 Å². The highest BCUT2D eigenvalue weighted by Crippen LogP contribution is 2.10. The molecule has 0 aliphatic heterocycles. The molecule has 90 valence electrons. The molecule has 0 unspecified atom stereocenters. The minimum Gasteiger partial charge on any atom is -0.346 e. The predicted molar refractivity (Wildman–Crippen MR) is 63.6 cm³/mol. The van der Waals surface area contributed by atoms with E-state index in [1.165, 1.54) is 6.20 Å². The van der Waals surface area contributed by atoms with Crippen LogP contribution in [0.1, 0.15) is 24.2 Å². The highest BCUT2D eigenvalue weighted by molar-refractivity contribution is 6.00. The quantitative estimate of drug-likeness (QED) is 0.792. The molecule has 2 aromatic heterocycles. The highest BCUT2D eigenvalue weighted by Gasteiger charge is 2.21. The van der Waals surface area contributed by atoms with E-state index >= 15 is 0 Å². The fourth-order valence-corrected chi connectivity index (χ4v) is 1.44. The molecule has 2 rings (SSSR count). The van der Waals surface area contributed by atoms with Crippen molar-refractivity contribution >= 4 is 11.4 Å². The van der Waals surface area contributed by atoms with Crippen LogP contribution in [0, 0.1) is 0 Å². The van der Waals surface area contributed by atoms with Crippen LogP contribution in [0.3, 0.4) is 0 Å². The van der Waals surface area contributed by atoms with E-state index in [0.29, 0.717) is 17.6 Å². The van der Waals surface area contributed by atoms with Crippen molar-refractivity contribution in [3.63, 3.8) is 0 Å². The highest BCUT2D eigenvalue weighted by atomic mass is 16.1. The van der Waals surface area contributed by atoms with Crippen LogP contribution in [0.25, 0.3) is 5.52 Å². The number of carbonyl (C=O) groups excluding carboxylic acids is 1. The van der Waals surface area contributed by atoms with Crippen molar-refractivity contribution in [2.75, 3.05) is 6.54 Å². The van der Waals surface area contributed by atoms with E-state index in [9.17, 15) is 4.79 Å². The number of nitrogens with one attached hydrogen (secondary N) is 1. The number of hydrogen-bond acceptors (Lipinski definition) is 4. The van der Waals surface area contributed by atoms with Crippen LogP contribution in [0.15, 0.2) is 24.8 Å². The normalized spacial score (nSPS) is 11.7. The smallest absolute Gasteiger partial charge is 0.255 e. The van der Waals surface area contributed by atoms with Gasteiger partial charge in [0.2, 0.25) is 0 Å². The minimum absolute atomic E-state index is 0.191. The molecule has 0 saturated carbocycles.